The lowest BCUT2D eigenvalue weighted by molar-refractivity contribution is -0.385. The molecule has 1 aromatic carbocycles. The zero-order chi connectivity index (χ0) is 16.2. The fraction of sp³-hybridized carbons (Fsp3) is 0. The molecule has 13 heteroatoms. The Bertz CT molecular complexity index is 673. The third kappa shape index (κ3) is 4.59. The smallest absolute Gasteiger partial charge is 0.382 e. The number of non-ortho nitro benzene ring substituents is 1. The molecule has 0 spiro atoms. The van der Waals surface area contributed by atoms with Gasteiger partial charge in [-0.15, -0.1) is 0 Å². The lowest BCUT2D eigenvalue weighted by Crippen LogP contribution is -2.21. The lowest BCUT2D eigenvalue weighted by atomic mass is 10.3. The van der Waals surface area contributed by atoms with Crippen LogP contribution in [0.15, 0.2) is 29.2 Å². The van der Waals surface area contributed by atoms with Gasteiger partial charge in [-0.2, -0.15) is 0 Å². The van der Waals surface area contributed by atoms with Gasteiger partial charge < -0.3 is 10.2 Å². The quantitative estimate of drug-likeness (QED) is 0.456. The first kappa shape index (κ1) is 17.2. The van der Waals surface area contributed by atoms with E-state index in [0.717, 1.165) is 18.2 Å². The molecule has 114 valence electrons. The number of sulfonamides is 1. The second-order valence-electron chi connectivity index (χ2n) is 3.17. The first-order chi connectivity index (χ1) is 9.64. The summed E-state index contributed by atoms with van der Waals surface area (Å²) in [6.45, 7) is 0. The van der Waals surface area contributed by atoms with Gasteiger partial charge in [0.05, 0.1) is 33.7 Å². The topological polar surface area (TPSA) is 155 Å². The molecule has 1 aromatic rings. The summed E-state index contributed by atoms with van der Waals surface area (Å²) in [5.41, 5.74) is -0.531. The van der Waals surface area contributed by atoms with Gasteiger partial charge in [-0.1, -0.05) is 9.18 Å². The Morgan fingerprint density at radius 2 is 1.71 bits per heavy atom. The molecule has 10 nitrogen and oxygen atoms in total. The van der Waals surface area contributed by atoms with E-state index >= 15 is 0 Å². The van der Waals surface area contributed by atoms with Gasteiger partial charge >= 0.3 is 10.6 Å². The van der Waals surface area contributed by atoms with E-state index in [1.807, 2.05) is 0 Å². The number of carboxylic acid groups (broad SMARTS) is 2. The standard InChI is InChI=1S/C8H6N2O8S3/c11-7(12)19-10(20-8(13)14)21(17,18)6-3-1-2-5(4-6)9(15)16/h1-4H,(H,11,12)(H,13,14). The molecule has 0 aliphatic carbocycles. The maximum Gasteiger partial charge on any atom is 0.382 e. The predicted octanol–water partition coefficient (Wildman–Crippen LogP) is 2.24. The van der Waals surface area contributed by atoms with Gasteiger partial charge in [0, 0.05) is 12.1 Å². The van der Waals surface area contributed by atoms with Crippen LogP contribution in [0.25, 0.3) is 0 Å². The second-order valence-corrected chi connectivity index (χ2v) is 7.44. The van der Waals surface area contributed by atoms with Crippen molar-refractivity contribution in [2.24, 2.45) is 0 Å². The molecule has 0 saturated heterocycles. The SMILES string of the molecule is O=C(O)SN(SC(=O)O)S(=O)(=O)c1cccc([N+](=O)[O-])c1. The number of hydrogen-bond acceptors (Lipinski definition) is 8. The molecule has 1 rings (SSSR count). The minimum Gasteiger partial charge on any atom is -0.472 e. The van der Waals surface area contributed by atoms with E-state index in [-0.39, 0.29) is 27.0 Å². The monoisotopic (exact) mass is 354 g/mol. The summed E-state index contributed by atoms with van der Waals surface area (Å²) in [5, 5.41) is 24.5. The Labute approximate surface area is 126 Å². The molecule has 0 saturated carbocycles. The van der Waals surface area contributed by atoms with Crippen LogP contribution in [0, 0.1) is 10.1 Å². The van der Waals surface area contributed by atoms with Gasteiger partial charge in [0.2, 0.25) is 0 Å². The lowest BCUT2D eigenvalue weighted by Gasteiger charge is -2.14. The van der Waals surface area contributed by atoms with Crippen LogP contribution in [0.1, 0.15) is 0 Å². The minimum atomic E-state index is -4.55. The van der Waals surface area contributed by atoms with Crippen LogP contribution in [0.2, 0.25) is 0 Å². The van der Waals surface area contributed by atoms with Crippen molar-refractivity contribution in [2.75, 3.05) is 0 Å². The Balaban J connectivity index is 3.27. The average molecular weight is 354 g/mol. The summed E-state index contributed by atoms with van der Waals surface area (Å²) >= 11 is -0.564. The summed E-state index contributed by atoms with van der Waals surface area (Å²) in [5.74, 6) is 0. The number of nitro groups is 1. The molecule has 21 heavy (non-hydrogen) atoms. The molecule has 0 aliphatic rings. The maximum absolute atomic E-state index is 12.1. The number of nitro benzene ring substituents is 1. The molecule has 0 fully saturated rings. The number of carbonyl (C=O) groups is 2. The van der Waals surface area contributed by atoms with Crippen molar-refractivity contribution < 1.29 is 33.1 Å². The van der Waals surface area contributed by atoms with E-state index in [2.05, 4.69) is 0 Å². The highest BCUT2D eigenvalue weighted by atomic mass is 32.3. The summed E-state index contributed by atoms with van der Waals surface area (Å²) in [6, 6.07) is 3.81. The Morgan fingerprint density at radius 1 is 1.19 bits per heavy atom. The van der Waals surface area contributed by atoms with Crippen molar-refractivity contribution in [3.05, 3.63) is 34.4 Å². The molecule has 0 radical (unpaired) electrons. The Hall–Kier alpha value is -1.83. The summed E-state index contributed by atoms with van der Waals surface area (Å²) in [7, 11) is -4.55. The van der Waals surface area contributed by atoms with Crippen molar-refractivity contribution in [1.82, 2.24) is 3.12 Å². The van der Waals surface area contributed by atoms with Gasteiger partial charge in [0.15, 0.2) is 0 Å². The normalized spacial score (nSPS) is 11.3. The van der Waals surface area contributed by atoms with Crippen molar-refractivity contribution >= 4 is 50.2 Å². The summed E-state index contributed by atoms with van der Waals surface area (Å²) in [6.07, 6.45) is 0. The van der Waals surface area contributed by atoms with Crippen LogP contribution in [-0.4, -0.2) is 37.3 Å². The molecule has 0 bridgehead atoms. The number of benzene rings is 1. The molecule has 0 amide bonds. The third-order valence-corrected chi connectivity index (χ3v) is 5.75. The zero-order valence-corrected chi connectivity index (χ0v) is 12.2. The van der Waals surface area contributed by atoms with E-state index in [1.165, 1.54) is 0 Å². The first-order valence-corrected chi connectivity index (χ1v) is 7.75. The first-order valence-electron chi connectivity index (χ1n) is 4.76. The maximum atomic E-state index is 12.1. The second kappa shape index (κ2) is 6.75. The number of rotatable bonds is 5. The Morgan fingerprint density at radius 3 is 2.14 bits per heavy atom. The largest absolute Gasteiger partial charge is 0.472 e. The van der Waals surface area contributed by atoms with Crippen LogP contribution in [-0.2, 0) is 10.0 Å². The number of nitrogens with zero attached hydrogens (tertiary/aromatic N) is 2. The number of hydrogen-bond donors (Lipinski definition) is 2. The third-order valence-electron chi connectivity index (χ3n) is 1.83. The van der Waals surface area contributed by atoms with E-state index in [4.69, 9.17) is 10.2 Å². The molecular weight excluding hydrogens is 348 g/mol. The van der Waals surface area contributed by atoms with Gasteiger partial charge in [0.25, 0.3) is 15.7 Å². The highest BCUT2D eigenvalue weighted by Gasteiger charge is 2.32. The highest BCUT2D eigenvalue weighted by molar-refractivity contribution is 8.32. The van der Waals surface area contributed by atoms with Crippen molar-refractivity contribution in [2.45, 2.75) is 4.90 Å². The van der Waals surface area contributed by atoms with E-state index in [0.29, 0.717) is 6.07 Å². The molecule has 2 N–H and O–H groups in total. The molecular formula is C8H6N2O8S3. The van der Waals surface area contributed by atoms with Gasteiger partial charge in [0.1, 0.15) is 0 Å². The Kier molecular flexibility index (Phi) is 5.54. The zero-order valence-electron chi connectivity index (χ0n) is 9.77. The molecule has 0 atom stereocenters. The van der Waals surface area contributed by atoms with Crippen LogP contribution in [0.4, 0.5) is 15.3 Å². The molecule has 0 aliphatic heterocycles. The van der Waals surface area contributed by atoms with E-state index in [1.54, 1.807) is 0 Å². The summed E-state index contributed by atoms with van der Waals surface area (Å²) < 4.78 is 24.3. The summed E-state index contributed by atoms with van der Waals surface area (Å²) in [4.78, 5) is 30.3. The van der Waals surface area contributed by atoms with E-state index < -0.39 is 36.1 Å². The van der Waals surface area contributed by atoms with Gasteiger partial charge in [-0.25, -0.2) is 18.0 Å². The fourth-order valence-electron chi connectivity index (χ4n) is 1.09. The molecule has 0 heterocycles. The van der Waals surface area contributed by atoms with Gasteiger partial charge in [-0.3, -0.25) is 10.1 Å². The van der Waals surface area contributed by atoms with Crippen LogP contribution >= 0.6 is 23.9 Å². The predicted molar refractivity (Wildman–Crippen MR) is 73.4 cm³/mol. The highest BCUT2D eigenvalue weighted by Crippen LogP contribution is 2.32. The van der Waals surface area contributed by atoms with Crippen LogP contribution < -0.4 is 0 Å². The fourth-order valence-corrected chi connectivity index (χ4v) is 4.25. The molecule has 0 aromatic heterocycles. The van der Waals surface area contributed by atoms with Crippen molar-refractivity contribution in [3.8, 4) is 0 Å². The van der Waals surface area contributed by atoms with E-state index in [9.17, 15) is 28.1 Å². The van der Waals surface area contributed by atoms with Crippen LogP contribution in [0.3, 0.4) is 0 Å². The minimum absolute atomic E-state index is 0.0384. The van der Waals surface area contributed by atoms with Crippen molar-refractivity contribution in [1.29, 1.82) is 0 Å². The average Bonchev–Trinajstić information content (AvgIpc) is 2.37. The van der Waals surface area contributed by atoms with Crippen LogP contribution in [0.5, 0.6) is 0 Å². The van der Waals surface area contributed by atoms with Gasteiger partial charge in [-0.05, 0) is 6.07 Å². The van der Waals surface area contributed by atoms with Crippen molar-refractivity contribution in [3.63, 3.8) is 0 Å². The molecule has 0 unspecified atom stereocenters.